The van der Waals surface area contributed by atoms with E-state index in [2.05, 4.69) is 0 Å². The number of rotatable bonds is 8. The van der Waals surface area contributed by atoms with Crippen molar-refractivity contribution in [2.24, 2.45) is 0 Å². The highest BCUT2D eigenvalue weighted by Crippen LogP contribution is 2.31. The third-order valence-electron chi connectivity index (χ3n) is 3.43. The Kier molecular flexibility index (Phi) is 5.78. The molecule has 2 aromatic carbocycles. The van der Waals surface area contributed by atoms with Crippen molar-refractivity contribution < 1.29 is 28.7 Å². The van der Waals surface area contributed by atoms with Crippen molar-refractivity contribution in [3.05, 3.63) is 52.1 Å². The van der Waals surface area contributed by atoms with E-state index in [4.69, 9.17) is 18.9 Å². The Hall–Kier alpha value is -3.29. The minimum absolute atomic E-state index is 0.0142. The molecule has 0 bridgehead atoms. The molecule has 0 saturated heterocycles. The molecule has 0 atom stereocenters. The Labute approximate surface area is 144 Å². The zero-order valence-corrected chi connectivity index (χ0v) is 14.0. The molecule has 2 rings (SSSR count). The first-order valence-corrected chi connectivity index (χ1v) is 7.20. The summed E-state index contributed by atoms with van der Waals surface area (Å²) in [6.45, 7) is -0.358. The highest BCUT2D eigenvalue weighted by atomic mass is 16.6. The summed E-state index contributed by atoms with van der Waals surface area (Å²) < 4.78 is 20.5. The molecule has 0 fully saturated rings. The van der Waals surface area contributed by atoms with E-state index in [1.807, 2.05) is 0 Å². The molecule has 8 heteroatoms. The molecule has 8 nitrogen and oxygen atoms in total. The van der Waals surface area contributed by atoms with Gasteiger partial charge in [-0.05, 0) is 30.3 Å². The van der Waals surface area contributed by atoms with E-state index >= 15 is 0 Å². The molecule has 0 unspecified atom stereocenters. The predicted molar refractivity (Wildman–Crippen MR) is 89.0 cm³/mol. The van der Waals surface area contributed by atoms with Crippen molar-refractivity contribution in [1.29, 1.82) is 0 Å². The Morgan fingerprint density at radius 1 is 0.960 bits per heavy atom. The monoisotopic (exact) mass is 347 g/mol. The van der Waals surface area contributed by atoms with Crippen LogP contribution in [0.1, 0.15) is 10.4 Å². The van der Waals surface area contributed by atoms with E-state index in [0.29, 0.717) is 22.8 Å². The minimum atomic E-state index is -0.598. The van der Waals surface area contributed by atoms with Crippen molar-refractivity contribution in [3.63, 3.8) is 0 Å². The van der Waals surface area contributed by atoms with Crippen LogP contribution in [0.4, 0.5) is 5.69 Å². The maximum absolute atomic E-state index is 12.3. The topological polar surface area (TPSA) is 97.1 Å². The summed E-state index contributed by atoms with van der Waals surface area (Å²) in [6, 6.07) is 8.82. The fraction of sp³-hybridized carbons (Fsp3) is 0.235. The number of hydrogen-bond acceptors (Lipinski definition) is 7. The van der Waals surface area contributed by atoms with Crippen LogP contribution in [-0.2, 0) is 0 Å². The van der Waals surface area contributed by atoms with E-state index in [1.54, 1.807) is 12.1 Å². The maximum Gasteiger partial charge on any atom is 0.314 e. The van der Waals surface area contributed by atoms with Gasteiger partial charge in [-0.2, -0.15) is 0 Å². The standard InChI is InChI=1S/C17H17NO7/c1-22-12-5-7-15(13(9-12)18(20)21)25-10-14(19)11-4-6-16(23-2)17(8-11)24-3/h4-9H,10H2,1-3H3. The molecule has 0 amide bonds. The fourth-order valence-electron chi connectivity index (χ4n) is 2.13. The molecule has 0 aromatic heterocycles. The van der Waals surface area contributed by atoms with Gasteiger partial charge in [-0.15, -0.1) is 0 Å². The SMILES string of the molecule is COc1ccc(OCC(=O)c2ccc(OC)c(OC)c2)c([N+](=O)[O-])c1. The summed E-state index contributed by atoms with van der Waals surface area (Å²) >= 11 is 0. The number of carbonyl (C=O) groups excluding carboxylic acids is 1. The van der Waals surface area contributed by atoms with Gasteiger partial charge in [0.2, 0.25) is 0 Å². The van der Waals surface area contributed by atoms with Crippen LogP contribution in [0, 0.1) is 10.1 Å². The zero-order valence-electron chi connectivity index (χ0n) is 14.0. The summed E-state index contributed by atoms with van der Waals surface area (Å²) in [5.74, 6) is 0.852. The van der Waals surface area contributed by atoms with Gasteiger partial charge >= 0.3 is 5.69 Å². The largest absolute Gasteiger partial charge is 0.496 e. The van der Waals surface area contributed by atoms with Gasteiger partial charge in [0.15, 0.2) is 29.6 Å². The van der Waals surface area contributed by atoms with Gasteiger partial charge in [0.05, 0.1) is 32.3 Å². The van der Waals surface area contributed by atoms with Crippen LogP contribution in [-0.4, -0.2) is 38.6 Å². The fourth-order valence-corrected chi connectivity index (χ4v) is 2.13. The summed E-state index contributed by atoms with van der Waals surface area (Å²) in [7, 11) is 4.36. The van der Waals surface area contributed by atoms with Crippen LogP contribution in [0.5, 0.6) is 23.0 Å². The van der Waals surface area contributed by atoms with E-state index in [1.165, 1.54) is 45.6 Å². The third kappa shape index (κ3) is 4.17. The molecule has 132 valence electrons. The molecule has 0 heterocycles. The van der Waals surface area contributed by atoms with Crippen molar-refractivity contribution >= 4 is 11.5 Å². The number of methoxy groups -OCH3 is 3. The Morgan fingerprint density at radius 2 is 1.64 bits per heavy atom. The second-order valence-electron chi connectivity index (χ2n) is 4.87. The molecule has 0 aliphatic heterocycles. The number of Topliss-reactive ketones (excluding diaryl/α,β-unsaturated/α-hetero) is 1. The summed E-state index contributed by atoms with van der Waals surface area (Å²) in [6.07, 6.45) is 0. The van der Waals surface area contributed by atoms with Crippen LogP contribution in [0.15, 0.2) is 36.4 Å². The molecule has 0 aliphatic carbocycles. The van der Waals surface area contributed by atoms with Crippen molar-refractivity contribution in [2.75, 3.05) is 27.9 Å². The number of benzene rings is 2. The number of nitro groups is 1. The lowest BCUT2D eigenvalue weighted by molar-refractivity contribution is -0.385. The normalized spacial score (nSPS) is 10.0. The zero-order chi connectivity index (χ0) is 18.4. The van der Waals surface area contributed by atoms with Crippen LogP contribution in [0.3, 0.4) is 0 Å². The lowest BCUT2D eigenvalue weighted by Crippen LogP contribution is -2.12. The second-order valence-corrected chi connectivity index (χ2v) is 4.87. The highest BCUT2D eigenvalue weighted by Gasteiger charge is 2.18. The van der Waals surface area contributed by atoms with Gasteiger partial charge in [0.1, 0.15) is 5.75 Å². The van der Waals surface area contributed by atoms with Crippen LogP contribution in [0.2, 0.25) is 0 Å². The number of ketones is 1. The molecule has 0 radical (unpaired) electrons. The Balaban J connectivity index is 2.16. The lowest BCUT2D eigenvalue weighted by atomic mass is 10.1. The smallest absolute Gasteiger partial charge is 0.314 e. The number of hydrogen-bond donors (Lipinski definition) is 0. The maximum atomic E-state index is 12.3. The molecule has 0 saturated carbocycles. The number of carbonyl (C=O) groups is 1. The lowest BCUT2D eigenvalue weighted by Gasteiger charge is -2.10. The molecule has 0 N–H and O–H groups in total. The summed E-state index contributed by atoms with van der Waals surface area (Å²) in [4.78, 5) is 22.8. The van der Waals surface area contributed by atoms with E-state index in [0.717, 1.165) is 0 Å². The molecule has 25 heavy (non-hydrogen) atoms. The average molecular weight is 347 g/mol. The van der Waals surface area contributed by atoms with Gasteiger partial charge in [-0.1, -0.05) is 0 Å². The quantitative estimate of drug-likeness (QED) is 0.411. The minimum Gasteiger partial charge on any atom is -0.496 e. The number of nitrogens with zero attached hydrogens (tertiary/aromatic N) is 1. The number of nitro benzene ring substituents is 1. The molecule has 0 spiro atoms. The van der Waals surface area contributed by atoms with Crippen molar-refractivity contribution in [1.82, 2.24) is 0 Å². The third-order valence-corrected chi connectivity index (χ3v) is 3.43. The highest BCUT2D eigenvalue weighted by molar-refractivity contribution is 5.97. The molecular formula is C17H17NO7. The molecule has 0 aliphatic rings. The van der Waals surface area contributed by atoms with Gasteiger partial charge in [0.25, 0.3) is 0 Å². The van der Waals surface area contributed by atoms with Crippen molar-refractivity contribution in [3.8, 4) is 23.0 Å². The molecule has 2 aromatic rings. The van der Waals surface area contributed by atoms with E-state index < -0.39 is 4.92 Å². The average Bonchev–Trinajstić information content (AvgIpc) is 2.65. The van der Waals surface area contributed by atoms with Crippen molar-refractivity contribution in [2.45, 2.75) is 0 Å². The van der Waals surface area contributed by atoms with E-state index in [-0.39, 0.29) is 23.8 Å². The Bertz CT molecular complexity index is 789. The number of ether oxygens (including phenoxy) is 4. The van der Waals surface area contributed by atoms with Gasteiger partial charge in [-0.25, -0.2) is 0 Å². The van der Waals surface area contributed by atoms with Crippen LogP contribution < -0.4 is 18.9 Å². The first-order valence-electron chi connectivity index (χ1n) is 7.20. The summed E-state index contributed by atoms with van der Waals surface area (Å²) in [5.41, 5.74) is 0.0632. The Morgan fingerprint density at radius 3 is 2.24 bits per heavy atom. The first-order chi connectivity index (χ1) is 12.0. The summed E-state index contributed by atoms with van der Waals surface area (Å²) in [5, 5.41) is 11.1. The molecular weight excluding hydrogens is 330 g/mol. The van der Waals surface area contributed by atoms with E-state index in [9.17, 15) is 14.9 Å². The van der Waals surface area contributed by atoms with Crippen LogP contribution >= 0.6 is 0 Å². The first kappa shape index (κ1) is 18.1. The van der Waals surface area contributed by atoms with Gasteiger partial charge in [0, 0.05) is 5.56 Å². The second kappa shape index (κ2) is 8.00. The van der Waals surface area contributed by atoms with Crippen LogP contribution in [0.25, 0.3) is 0 Å². The van der Waals surface area contributed by atoms with Gasteiger partial charge < -0.3 is 18.9 Å². The van der Waals surface area contributed by atoms with Gasteiger partial charge in [-0.3, -0.25) is 14.9 Å². The predicted octanol–water partition coefficient (Wildman–Crippen LogP) is 2.88.